The molecule has 1 unspecified atom stereocenters. The summed E-state index contributed by atoms with van der Waals surface area (Å²) in [6.45, 7) is 4.56. The maximum Gasteiger partial charge on any atom is 0.129 e. The molecule has 1 aromatic rings. The Hall–Kier alpha value is -1.04. The van der Waals surface area contributed by atoms with Crippen molar-refractivity contribution in [2.24, 2.45) is 5.73 Å². The Morgan fingerprint density at radius 2 is 2.06 bits per heavy atom. The van der Waals surface area contributed by atoms with Crippen LogP contribution in [0.15, 0.2) is 18.2 Å². The summed E-state index contributed by atoms with van der Waals surface area (Å²) >= 11 is 0. The molecule has 1 rings (SSSR count). The maximum atomic E-state index is 13.7. The molecule has 18 heavy (non-hydrogen) atoms. The molecule has 0 aliphatic carbocycles. The van der Waals surface area contributed by atoms with Gasteiger partial charge in [0.05, 0.1) is 6.61 Å². The first-order chi connectivity index (χ1) is 8.36. The number of hydrogen-bond donors (Lipinski definition) is 3. The van der Waals surface area contributed by atoms with Gasteiger partial charge in [-0.25, -0.2) is 8.78 Å². The van der Waals surface area contributed by atoms with Crippen molar-refractivity contribution in [2.75, 3.05) is 19.7 Å². The number of aliphatic hydroxyl groups is 1. The van der Waals surface area contributed by atoms with Gasteiger partial charge in [0.15, 0.2) is 0 Å². The van der Waals surface area contributed by atoms with E-state index in [1.165, 1.54) is 12.1 Å². The highest BCUT2D eigenvalue weighted by molar-refractivity contribution is 5.26. The summed E-state index contributed by atoms with van der Waals surface area (Å²) in [4.78, 5) is 0. The van der Waals surface area contributed by atoms with Crippen LogP contribution in [-0.4, -0.2) is 30.8 Å². The maximum absolute atomic E-state index is 13.7. The van der Waals surface area contributed by atoms with Crippen molar-refractivity contribution in [2.45, 2.75) is 25.3 Å². The van der Waals surface area contributed by atoms with Gasteiger partial charge >= 0.3 is 0 Å². The summed E-state index contributed by atoms with van der Waals surface area (Å²) in [6.07, 6.45) is 0. The molecule has 3 nitrogen and oxygen atoms in total. The molecule has 0 radical (unpaired) electrons. The number of rotatable bonds is 6. The lowest BCUT2D eigenvalue weighted by Gasteiger charge is -2.27. The summed E-state index contributed by atoms with van der Waals surface area (Å²) in [5.41, 5.74) is 5.53. The van der Waals surface area contributed by atoms with E-state index in [0.717, 1.165) is 6.07 Å². The van der Waals surface area contributed by atoms with Crippen molar-refractivity contribution < 1.29 is 13.9 Å². The topological polar surface area (TPSA) is 58.3 Å². The zero-order valence-electron chi connectivity index (χ0n) is 10.7. The number of nitrogens with one attached hydrogen (secondary N) is 1. The first-order valence-corrected chi connectivity index (χ1v) is 5.89. The highest BCUT2D eigenvalue weighted by Crippen LogP contribution is 2.25. The molecule has 0 heterocycles. The molecule has 4 N–H and O–H groups in total. The first-order valence-electron chi connectivity index (χ1n) is 5.89. The van der Waals surface area contributed by atoms with Crippen LogP contribution in [0.1, 0.15) is 19.4 Å². The van der Waals surface area contributed by atoms with E-state index >= 15 is 0 Å². The second-order valence-electron chi connectivity index (χ2n) is 5.08. The molecule has 102 valence electrons. The summed E-state index contributed by atoms with van der Waals surface area (Å²) in [6, 6.07) is 3.26. The molecule has 1 aromatic carbocycles. The van der Waals surface area contributed by atoms with Gasteiger partial charge in [-0.1, -0.05) is 19.9 Å². The fourth-order valence-corrected chi connectivity index (χ4v) is 1.77. The third-order valence-corrected chi connectivity index (χ3v) is 2.87. The van der Waals surface area contributed by atoms with Gasteiger partial charge in [-0.2, -0.15) is 0 Å². The molecular weight excluding hydrogens is 238 g/mol. The van der Waals surface area contributed by atoms with Gasteiger partial charge in [0.2, 0.25) is 0 Å². The predicted octanol–water partition coefficient (Wildman–Crippen LogP) is 1.15. The number of benzene rings is 1. The minimum absolute atomic E-state index is 0.0989. The molecule has 0 aliphatic rings. The van der Waals surface area contributed by atoms with Gasteiger partial charge in [-0.15, -0.1) is 0 Å². The summed E-state index contributed by atoms with van der Waals surface area (Å²) in [5, 5.41) is 11.9. The van der Waals surface area contributed by atoms with Crippen LogP contribution in [0.4, 0.5) is 8.78 Å². The van der Waals surface area contributed by atoms with E-state index < -0.39 is 17.0 Å². The van der Waals surface area contributed by atoms with E-state index in [0.29, 0.717) is 18.7 Å². The molecule has 0 aliphatic heterocycles. The van der Waals surface area contributed by atoms with Crippen molar-refractivity contribution >= 4 is 0 Å². The van der Waals surface area contributed by atoms with Gasteiger partial charge in [-0.05, 0) is 11.6 Å². The minimum atomic E-state index is -0.581. The molecule has 0 amide bonds. The van der Waals surface area contributed by atoms with E-state index in [1.807, 2.05) is 13.8 Å². The van der Waals surface area contributed by atoms with Crippen molar-refractivity contribution in [3.8, 4) is 0 Å². The molecule has 0 bridgehead atoms. The number of hydrogen-bond acceptors (Lipinski definition) is 3. The van der Waals surface area contributed by atoms with E-state index in [4.69, 9.17) is 10.8 Å². The predicted molar refractivity (Wildman–Crippen MR) is 67.3 cm³/mol. The highest BCUT2D eigenvalue weighted by atomic mass is 19.1. The highest BCUT2D eigenvalue weighted by Gasteiger charge is 2.24. The zero-order chi connectivity index (χ0) is 13.8. The molecule has 5 heteroatoms. The van der Waals surface area contributed by atoms with Crippen LogP contribution in [0.25, 0.3) is 0 Å². The Morgan fingerprint density at radius 1 is 1.39 bits per heavy atom. The second-order valence-corrected chi connectivity index (χ2v) is 5.08. The molecular formula is C13H20F2N2O. The Labute approximate surface area is 106 Å². The van der Waals surface area contributed by atoms with Crippen molar-refractivity contribution in [3.63, 3.8) is 0 Å². The lowest BCUT2D eigenvalue weighted by atomic mass is 9.84. The standard InChI is InChI=1S/C13H20F2N2O/c1-13(2,8-17-6-10(16)7-18)11-4-3-9(14)5-12(11)15/h3-5,10,17-18H,6-8,16H2,1-2H3. The fraction of sp³-hybridized carbons (Fsp3) is 0.538. The molecule has 1 atom stereocenters. The van der Waals surface area contributed by atoms with E-state index in [1.54, 1.807) is 0 Å². The Bertz CT molecular complexity index is 397. The molecule has 0 saturated heterocycles. The number of halogens is 2. The summed E-state index contributed by atoms with van der Waals surface area (Å²) < 4.78 is 26.5. The minimum Gasteiger partial charge on any atom is -0.395 e. The Morgan fingerprint density at radius 3 is 2.61 bits per heavy atom. The normalized spacial score (nSPS) is 13.7. The van der Waals surface area contributed by atoms with Crippen LogP contribution in [0.5, 0.6) is 0 Å². The van der Waals surface area contributed by atoms with Gasteiger partial charge in [0.25, 0.3) is 0 Å². The average molecular weight is 258 g/mol. The zero-order valence-corrected chi connectivity index (χ0v) is 10.7. The van der Waals surface area contributed by atoms with Crippen molar-refractivity contribution in [3.05, 3.63) is 35.4 Å². The van der Waals surface area contributed by atoms with E-state index in [9.17, 15) is 8.78 Å². The van der Waals surface area contributed by atoms with Crippen LogP contribution in [0.3, 0.4) is 0 Å². The van der Waals surface area contributed by atoms with Crippen LogP contribution >= 0.6 is 0 Å². The Kier molecular flexibility index (Phi) is 5.19. The van der Waals surface area contributed by atoms with Crippen LogP contribution in [0.2, 0.25) is 0 Å². The third-order valence-electron chi connectivity index (χ3n) is 2.87. The lowest BCUT2D eigenvalue weighted by Crippen LogP contribution is -2.42. The van der Waals surface area contributed by atoms with Gasteiger partial charge in [0, 0.05) is 30.6 Å². The number of nitrogens with two attached hydrogens (primary N) is 1. The summed E-state index contributed by atoms with van der Waals surface area (Å²) in [7, 11) is 0. The number of aliphatic hydroxyl groups excluding tert-OH is 1. The average Bonchev–Trinajstić information content (AvgIpc) is 2.27. The fourth-order valence-electron chi connectivity index (χ4n) is 1.77. The monoisotopic (exact) mass is 258 g/mol. The van der Waals surface area contributed by atoms with Crippen LogP contribution in [0, 0.1) is 11.6 Å². The Balaban J connectivity index is 2.67. The molecule has 0 fully saturated rings. The second kappa shape index (κ2) is 6.22. The largest absolute Gasteiger partial charge is 0.395 e. The molecule has 0 aromatic heterocycles. The summed E-state index contributed by atoms with van der Waals surface area (Å²) in [5.74, 6) is -1.13. The van der Waals surface area contributed by atoms with Gasteiger partial charge in [-0.3, -0.25) is 0 Å². The van der Waals surface area contributed by atoms with Crippen molar-refractivity contribution in [1.29, 1.82) is 0 Å². The van der Waals surface area contributed by atoms with E-state index in [-0.39, 0.29) is 12.6 Å². The van der Waals surface area contributed by atoms with Gasteiger partial charge < -0.3 is 16.2 Å². The van der Waals surface area contributed by atoms with Gasteiger partial charge in [0.1, 0.15) is 11.6 Å². The van der Waals surface area contributed by atoms with E-state index in [2.05, 4.69) is 5.32 Å². The van der Waals surface area contributed by atoms with Crippen LogP contribution < -0.4 is 11.1 Å². The molecule has 0 spiro atoms. The lowest BCUT2D eigenvalue weighted by molar-refractivity contribution is 0.260. The molecule has 0 saturated carbocycles. The third kappa shape index (κ3) is 4.01. The van der Waals surface area contributed by atoms with Crippen molar-refractivity contribution in [1.82, 2.24) is 5.32 Å². The quantitative estimate of drug-likeness (QED) is 0.717. The van der Waals surface area contributed by atoms with Crippen LogP contribution in [-0.2, 0) is 5.41 Å². The smallest absolute Gasteiger partial charge is 0.129 e. The SMILES string of the molecule is CC(C)(CNCC(N)CO)c1ccc(F)cc1F. The first kappa shape index (κ1) is 15.0.